The minimum atomic E-state index is -0.975. The number of amides is 2. The molecule has 27 heavy (non-hydrogen) atoms. The Kier molecular flexibility index (Phi) is 6.70. The molecule has 0 saturated carbocycles. The highest BCUT2D eigenvalue weighted by Gasteiger charge is 2.43. The van der Waals surface area contributed by atoms with Crippen LogP contribution in [0.5, 0.6) is 0 Å². The fourth-order valence-corrected chi connectivity index (χ4v) is 5.30. The first-order chi connectivity index (χ1) is 13.0. The van der Waals surface area contributed by atoms with Crippen molar-refractivity contribution in [3.05, 3.63) is 35.9 Å². The molecule has 1 unspecified atom stereocenters. The first-order valence-electron chi connectivity index (χ1n) is 9.16. The van der Waals surface area contributed by atoms with Crippen molar-refractivity contribution in [1.29, 1.82) is 0 Å². The number of fused-ring (bicyclic) bond motifs is 1. The highest BCUT2D eigenvalue weighted by Crippen LogP contribution is 2.34. The van der Waals surface area contributed by atoms with Gasteiger partial charge in [-0.15, -0.1) is 11.8 Å². The van der Waals surface area contributed by atoms with Crippen LogP contribution in [0.25, 0.3) is 0 Å². The van der Waals surface area contributed by atoms with E-state index >= 15 is 0 Å². The van der Waals surface area contributed by atoms with E-state index in [1.54, 1.807) is 11.8 Å². The van der Waals surface area contributed by atoms with Crippen LogP contribution >= 0.6 is 24.4 Å². The van der Waals surface area contributed by atoms with E-state index in [2.05, 4.69) is 17.9 Å². The molecule has 0 spiro atoms. The summed E-state index contributed by atoms with van der Waals surface area (Å²) in [6.45, 7) is 0. The smallest absolute Gasteiger partial charge is 0.326 e. The van der Waals surface area contributed by atoms with Crippen molar-refractivity contribution in [2.75, 3.05) is 5.75 Å². The molecule has 0 aromatic heterocycles. The molecule has 3 rings (SSSR count). The van der Waals surface area contributed by atoms with Crippen molar-refractivity contribution >= 4 is 42.2 Å². The molecule has 2 saturated heterocycles. The summed E-state index contributed by atoms with van der Waals surface area (Å²) in [4.78, 5) is 38.7. The lowest BCUT2D eigenvalue weighted by Gasteiger charge is -2.39. The number of thiol groups is 1. The molecular formula is C19H24N2O4S2. The van der Waals surface area contributed by atoms with Gasteiger partial charge in [-0.2, -0.15) is 12.6 Å². The number of carboxylic acid groups (broad SMARTS) is 1. The molecule has 1 aromatic rings. The van der Waals surface area contributed by atoms with Crippen LogP contribution in [-0.2, 0) is 20.8 Å². The Bertz CT molecular complexity index is 700. The van der Waals surface area contributed by atoms with Gasteiger partial charge in [0.1, 0.15) is 12.1 Å². The second kappa shape index (κ2) is 9.01. The Balaban J connectivity index is 1.67. The zero-order valence-corrected chi connectivity index (χ0v) is 16.6. The molecule has 0 radical (unpaired) electrons. The molecule has 2 fully saturated rings. The first-order valence-corrected chi connectivity index (χ1v) is 10.7. The van der Waals surface area contributed by atoms with E-state index in [9.17, 15) is 19.5 Å². The van der Waals surface area contributed by atoms with Crippen LogP contribution in [0.15, 0.2) is 30.3 Å². The van der Waals surface area contributed by atoms with E-state index in [0.29, 0.717) is 25.0 Å². The van der Waals surface area contributed by atoms with E-state index in [4.69, 9.17) is 0 Å². The standard InChI is InChI=1S/C19H24N2O4S2/c22-17(15(26)11-12-5-2-1-3-6-12)20-13-9-10-27-16-8-4-7-14(19(24)25)21(16)18(13)23/h1-3,5-6,13-16,26H,4,7-11H2,(H,20,22)(H,24,25)/t13-,14-,15-,16?/m0/s1. The summed E-state index contributed by atoms with van der Waals surface area (Å²) < 4.78 is 0. The van der Waals surface area contributed by atoms with E-state index in [1.807, 2.05) is 30.3 Å². The Morgan fingerprint density at radius 1 is 1.26 bits per heavy atom. The van der Waals surface area contributed by atoms with E-state index < -0.39 is 23.3 Å². The molecule has 1 aromatic carbocycles. The van der Waals surface area contributed by atoms with Crippen LogP contribution in [0.3, 0.4) is 0 Å². The molecular weight excluding hydrogens is 384 g/mol. The predicted molar refractivity (Wildman–Crippen MR) is 108 cm³/mol. The van der Waals surface area contributed by atoms with Crippen molar-refractivity contribution < 1.29 is 19.5 Å². The molecule has 2 heterocycles. The number of carbonyl (C=O) groups excluding carboxylic acids is 2. The van der Waals surface area contributed by atoms with Gasteiger partial charge >= 0.3 is 5.97 Å². The summed E-state index contributed by atoms with van der Waals surface area (Å²) in [7, 11) is 0. The Labute approximate surface area is 168 Å². The second-order valence-electron chi connectivity index (χ2n) is 6.91. The highest BCUT2D eigenvalue weighted by molar-refractivity contribution is 7.99. The van der Waals surface area contributed by atoms with Crippen LogP contribution in [-0.4, -0.2) is 56.3 Å². The molecule has 4 atom stereocenters. The number of hydrogen-bond donors (Lipinski definition) is 3. The monoisotopic (exact) mass is 408 g/mol. The minimum absolute atomic E-state index is 0.120. The second-order valence-corrected chi connectivity index (χ2v) is 8.82. The predicted octanol–water partition coefficient (Wildman–Crippen LogP) is 1.94. The van der Waals surface area contributed by atoms with Gasteiger partial charge in [0, 0.05) is 0 Å². The highest BCUT2D eigenvalue weighted by atomic mass is 32.2. The third kappa shape index (κ3) is 4.79. The third-order valence-corrected chi connectivity index (χ3v) is 6.76. The van der Waals surface area contributed by atoms with Gasteiger partial charge in [0.2, 0.25) is 11.8 Å². The molecule has 8 heteroatoms. The van der Waals surface area contributed by atoms with Gasteiger partial charge in [-0.25, -0.2) is 4.79 Å². The number of thioether (sulfide) groups is 1. The van der Waals surface area contributed by atoms with Crippen LogP contribution in [0.1, 0.15) is 31.2 Å². The van der Waals surface area contributed by atoms with Gasteiger partial charge in [0.05, 0.1) is 10.6 Å². The fraction of sp³-hybridized carbons (Fsp3) is 0.526. The maximum atomic E-state index is 13.0. The number of carboxylic acids is 1. The average Bonchev–Trinajstić information content (AvgIpc) is 2.81. The van der Waals surface area contributed by atoms with E-state index in [0.717, 1.165) is 18.4 Å². The van der Waals surface area contributed by atoms with Crippen LogP contribution in [0.2, 0.25) is 0 Å². The molecule has 2 amide bonds. The first kappa shape index (κ1) is 20.1. The summed E-state index contributed by atoms with van der Waals surface area (Å²) in [6, 6.07) is 8.08. The topological polar surface area (TPSA) is 86.7 Å². The number of nitrogens with one attached hydrogen (secondary N) is 1. The van der Waals surface area contributed by atoms with Crippen molar-refractivity contribution in [3.63, 3.8) is 0 Å². The SMILES string of the molecule is O=C(N[C@H]1CCSC2CCC[C@@H](C(=O)O)N2C1=O)[C@@H](S)Cc1ccccc1. The summed E-state index contributed by atoms with van der Waals surface area (Å²) in [5, 5.41) is 11.6. The van der Waals surface area contributed by atoms with E-state index in [-0.39, 0.29) is 17.2 Å². The summed E-state index contributed by atoms with van der Waals surface area (Å²) in [6.07, 6.45) is 3.02. The number of carbonyl (C=O) groups is 3. The van der Waals surface area contributed by atoms with Crippen molar-refractivity contribution in [3.8, 4) is 0 Å². The van der Waals surface area contributed by atoms with Crippen LogP contribution in [0.4, 0.5) is 0 Å². The summed E-state index contributed by atoms with van der Waals surface area (Å²) >= 11 is 6.01. The van der Waals surface area contributed by atoms with Crippen molar-refractivity contribution in [2.45, 2.75) is 54.8 Å². The van der Waals surface area contributed by atoms with Crippen molar-refractivity contribution in [1.82, 2.24) is 10.2 Å². The number of piperidine rings is 1. The third-order valence-electron chi connectivity index (χ3n) is 5.02. The van der Waals surface area contributed by atoms with Gasteiger partial charge in [0.25, 0.3) is 0 Å². The number of aliphatic carboxylic acids is 1. The summed E-state index contributed by atoms with van der Waals surface area (Å²) in [5.41, 5.74) is 0.998. The molecule has 0 bridgehead atoms. The van der Waals surface area contributed by atoms with Crippen LogP contribution in [0, 0.1) is 0 Å². The number of rotatable bonds is 5. The van der Waals surface area contributed by atoms with Gasteiger partial charge < -0.3 is 15.3 Å². The Morgan fingerprint density at radius 3 is 2.70 bits per heavy atom. The minimum Gasteiger partial charge on any atom is -0.480 e. The Morgan fingerprint density at radius 2 is 2.00 bits per heavy atom. The molecule has 146 valence electrons. The Hall–Kier alpha value is -1.67. The summed E-state index contributed by atoms with van der Waals surface area (Å²) in [5.74, 6) is -0.851. The zero-order chi connectivity index (χ0) is 19.4. The van der Waals surface area contributed by atoms with Gasteiger partial charge in [-0.3, -0.25) is 9.59 Å². The van der Waals surface area contributed by atoms with Crippen LogP contribution < -0.4 is 5.32 Å². The van der Waals surface area contributed by atoms with E-state index in [1.165, 1.54) is 4.90 Å². The molecule has 2 aliphatic rings. The maximum Gasteiger partial charge on any atom is 0.326 e. The fourth-order valence-electron chi connectivity index (χ4n) is 3.62. The molecule has 2 aliphatic heterocycles. The molecule has 6 nitrogen and oxygen atoms in total. The lowest BCUT2D eigenvalue weighted by Crippen LogP contribution is -2.57. The van der Waals surface area contributed by atoms with Gasteiger partial charge in [0.15, 0.2) is 0 Å². The lowest BCUT2D eigenvalue weighted by atomic mass is 10.00. The number of nitrogens with zero attached hydrogens (tertiary/aromatic N) is 1. The zero-order valence-electron chi connectivity index (χ0n) is 14.9. The maximum absolute atomic E-state index is 13.0. The average molecular weight is 409 g/mol. The lowest BCUT2D eigenvalue weighted by molar-refractivity contribution is -0.154. The number of hydrogen-bond acceptors (Lipinski definition) is 5. The van der Waals surface area contributed by atoms with Gasteiger partial charge in [-0.05, 0) is 43.4 Å². The number of benzene rings is 1. The largest absolute Gasteiger partial charge is 0.480 e. The molecule has 2 N–H and O–H groups in total. The van der Waals surface area contributed by atoms with Crippen molar-refractivity contribution in [2.24, 2.45) is 0 Å². The normalized spacial score (nSPS) is 26.6. The quantitative estimate of drug-likeness (QED) is 0.648. The van der Waals surface area contributed by atoms with Gasteiger partial charge in [-0.1, -0.05) is 30.3 Å². The molecule has 0 aliphatic carbocycles.